The summed E-state index contributed by atoms with van der Waals surface area (Å²) in [4.78, 5) is 11.1. The van der Waals surface area contributed by atoms with Gasteiger partial charge in [-0.1, -0.05) is 41.9 Å². The van der Waals surface area contributed by atoms with Crippen LogP contribution < -0.4 is 15.5 Å². The van der Waals surface area contributed by atoms with E-state index in [2.05, 4.69) is 25.5 Å². The number of aromatic nitrogens is 1. The van der Waals surface area contributed by atoms with Crippen molar-refractivity contribution in [1.29, 1.82) is 0 Å². The number of halogens is 1. The maximum absolute atomic E-state index is 10.2. The van der Waals surface area contributed by atoms with E-state index in [1.807, 2.05) is 49.4 Å². The molecule has 3 N–H and O–H groups in total. The second-order valence-electron chi connectivity index (χ2n) is 7.26. The topological polar surface area (TPSA) is 82.0 Å². The van der Waals surface area contributed by atoms with Crippen LogP contribution in [0.25, 0.3) is 0 Å². The molecule has 0 radical (unpaired) electrons. The SMILES string of the molecule is CCNC(=NCC(O)COCc1ccccc1)NC1CCN(c2ncccc2Cl)C1. The number of aliphatic imine (C=N–C) groups is 1. The number of aliphatic hydroxyl groups is 1. The molecule has 3 rings (SSSR count). The van der Waals surface area contributed by atoms with Crippen LogP contribution >= 0.6 is 11.6 Å². The first kappa shape index (κ1) is 22.3. The molecule has 2 heterocycles. The lowest BCUT2D eigenvalue weighted by molar-refractivity contribution is 0.0331. The van der Waals surface area contributed by atoms with Crippen LogP contribution in [0.1, 0.15) is 18.9 Å². The molecule has 0 bridgehead atoms. The summed E-state index contributed by atoms with van der Waals surface area (Å²) in [5.74, 6) is 1.51. The van der Waals surface area contributed by atoms with Gasteiger partial charge in [-0.15, -0.1) is 0 Å². The van der Waals surface area contributed by atoms with E-state index in [0.717, 1.165) is 37.4 Å². The summed E-state index contributed by atoms with van der Waals surface area (Å²) in [7, 11) is 0. The molecular formula is C22H30ClN5O2. The summed E-state index contributed by atoms with van der Waals surface area (Å²) in [5.41, 5.74) is 1.09. The fourth-order valence-corrected chi connectivity index (χ4v) is 3.57. The fraction of sp³-hybridized carbons (Fsp3) is 0.455. The normalized spacial score (nSPS) is 17.8. The molecule has 0 amide bonds. The van der Waals surface area contributed by atoms with E-state index in [0.29, 0.717) is 17.6 Å². The summed E-state index contributed by atoms with van der Waals surface area (Å²) < 4.78 is 5.60. The highest BCUT2D eigenvalue weighted by Gasteiger charge is 2.25. The molecule has 1 fully saturated rings. The molecule has 2 atom stereocenters. The maximum Gasteiger partial charge on any atom is 0.191 e. The molecule has 0 spiro atoms. The van der Waals surface area contributed by atoms with Crippen LogP contribution in [-0.2, 0) is 11.3 Å². The van der Waals surface area contributed by atoms with Crippen molar-refractivity contribution in [3.63, 3.8) is 0 Å². The number of hydrogen-bond donors (Lipinski definition) is 3. The second-order valence-corrected chi connectivity index (χ2v) is 7.67. The molecule has 1 saturated heterocycles. The zero-order valence-corrected chi connectivity index (χ0v) is 18.1. The average molecular weight is 432 g/mol. The van der Waals surface area contributed by atoms with Crippen LogP contribution in [0.4, 0.5) is 5.82 Å². The third kappa shape index (κ3) is 6.86. The highest BCUT2D eigenvalue weighted by molar-refractivity contribution is 6.32. The lowest BCUT2D eigenvalue weighted by atomic mass is 10.2. The Hall–Kier alpha value is -2.35. The Balaban J connectivity index is 1.45. The van der Waals surface area contributed by atoms with Gasteiger partial charge in [0, 0.05) is 31.9 Å². The van der Waals surface area contributed by atoms with E-state index < -0.39 is 6.10 Å². The first-order valence-corrected chi connectivity index (χ1v) is 10.7. The summed E-state index contributed by atoms with van der Waals surface area (Å²) in [6.45, 7) is 5.43. The van der Waals surface area contributed by atoms with Gasteiger partial charge in [0.1, 0.15) is 5.82 Å². The number of nitrogens with one attached hydrogen (secondary N) is 2. The van der Waals surface area contributed by atoms with Crippen molar-refractivity contribution in [3.8, 4) is 0 Å². The highest BCUT2D eigenvalue weighted by Crippen LogP contribution is 2.25. The number of pyridine rings is 1. The molecule has 1 aromatic heterocycles. The van der Waals surface area contributed by atoms with Gasteiger partial charge in [-0.05, 0) is 31.0 Å². The molecule has 2 unspecified atom stereocenters. The van der Waals surface area contributed by atoms with Crippen molar-refractivity contribution in [2.75, 3.05) is 37.7 Å². The quantitative estimate of drug-likeness (QED) is 0.418. The van der Waals surface area contributed by atoms with Gasteiger partial charge in [-0.3, -0.25) is 4.99 Å². The Bertz CT molecular complexity index is 805. The zero-order chi connectivity index (χ0) is 21.2. The number of benzene rings is 1. The van der Waals surface area contributed by atoms with Crippen LogP contribution in [0.15, 0.2) is 53.7 Å². The number of aliphatic hydroxyl groups excluding tert-OH is 1. The Morgan fingerprint density at radius 2 is 2.17 bits per heavy atom. The van der Waals surface area contributed by atoms with Crippen molar-refractivity contribution in [1.82, 2.24) is 15.6 Å². The second kappa shape index (κ2) is 11.7. The van der Waals surface area contributed by atoms with Gasteiger partial charge in [0.05, 0.1) is 30.9 Å². The zero-order valence-electron chi connectivity index (χ0n) is 17.3. The van der Waals surface area contributed by atoms with Crippen molar-refractivity contribution < 1.29 is 9.84 Å². The van der Waals surface area contributed by atoms with Crippen molar-refractivity contribution in [2.24, 2.45) is 4.99 Å². The number of ether oxygens (including phenoxy) is 1. The van der Waals surface area contributed by atoms with Gasteiger partial charge in [-0.2, -0.15) is 0 Å². The van der Waals surface area contributed by atoms with E-state index in [9.17, 15) is 5.11 Å². The van der Waals surface area contributed by atoms with E-state index in [4.69, 9.17) is 16.3 Å². The molecule has 0 aliphatic carbocycles. The minimum atomic E-state index is -0.656. The van der Waals surface area contributed by atoms with Gasteiger partial charge in [-0.25, -0.2) is 4.98 Å². The molecule has 30 heavy (non-hydrogen) atoms. The predicted molar refractivity (Wildman–Crippen MR) is 121 cm³/mol. The largest absolute Gasteiger partial charge is 0.389 e. The van der Waals surface area contributed by atoms with Crippen LogP contribution in [-0.4, -0.2) is 61.0 Å². The van der Waals surface area contributed by atoms with E-state index in [1.54, 1.807) is 6.20 Å². The molecule has 8 heteroatoms. The third-order valence-electron chi connectivity index (χ3n) is 4.79. The Kier molecular flexibility index (Phi) is 8.74. The van der Waals surface area contributed by atoms with E-state index >= 15 is 0 Å². The van der Waals surface area contributed by atoms with Crippen LogP contribution in [0.3, 0.4) is 0 Å². The lowest BCUT2D eigenvalue weighted by Gasteiger charge is -2.20. The molecule has 2 aromatic rings. The highest BCUT2D eigenvalue weighted by atomic mass is 35.5. The number of anilines is 1. The van der Waals surface area contributed by atoms with Crippen LogP contribution in [0, 0.1) is 0 Å². The van der Waals surface area contributed by atoms with E-state index in [1.165, 1.54) is 0 Å². The minimum absolute atomic E-state index is 0.229. The number of guanidine groups is 1. The summed E-state index contributed by atoms with van der Waals surface area (Å²) >= 11 is 6.27. The van der Waals surface area contributed by atoms with E-state index in [-0.39, 0.29) is 19.2 Å². The minimum Gasteiger partial charge on any atom is -0.389 e. The molecular weight excluding hydrogens is 402 g/mol. The van der Waals surface area contributed by atoms with Crippen molar-refractivity contribution >= 4 is 23.4 Å². The van der Waals surface area contributed by atoms with Gasteiger partial charge < -0.3 is 25.4 Å². The molecule has 0 saturated carbocycles. The van der Waals surface area contributed by atoms with Gasteiger partial charge in [0.2, 0.25) is 0 Å². The summed E-state index contributed by atoms with van der Waals surface area (Å²) in [5, 5.41) is 17.6. The number of rotatable bonds is 9. The number of nitrogens with zero attached hydrogens (tertiary/aromatic N) is 3. The lowest BCUT2D eigenvalue weighted by Crippen LogP contribution is -2.45. The molecule has 1 aromatic carbocycles. The van der Waals surface area contributed by atoms with Gasteiger partial charge in [0.25, 0.3) is 0 Å². The molecule has 1 aliphatic heterocycles. The molecule has 1 aliphatic rings. The first-order chi connectivity index (χ1) is 14.7. The molecule has 7 nitrogen and oxygen atoms in total. The van der Waals surface area contributed by atoms with Crippen molar-refractivity contribution in [3.05, 3.63) is 59.2 Å². The van der Waals surface area contributed by atoms with Crippen molar-refractivity contribution in [2.45, 2.75) is 32.1 Å². The molecule has 162 valence electrons. The first-order valence-electron chi connectivity index (χ1n) is 10.4. The number of hydrogen-bond acceptors (Lipinski definition) is 5. The van der Waals surface area contributed by atoms with Gasteiger partial charge >= 0.3 is 0 Å². The Labute approximate surface area is 183 Å². The van der Waals surface area contributed by atoms with Crippen LogP contribution in [0.5, 0.6) is 0 Å². The maximum atomic E-state index is 10.2. The van der Waals surface area contributed by atoms with Gasteiger partial charge in [0.15, 0.2) is 5.96 Å². The smallest absolute Gasteiger partial charge is 0.191 e. The predicted octanol–water partition coefficient (Wildman–Crippen LogP) is 2.45. The monoisotopic (exact) mass is 431 g/mol. The Morgan fingerprint density at radius 3 is 2.93 bits per heavy atom. The summed E-state index contributed by atoms with van der Waals surface area (Å²) in [6, 6.07) is 13.8. The third-order valence-corrected chi connectivity index (χ3v) is 5.09. The fourth-order valence-electron chi connectivity index (χ4n) is 3.33. The summed E-state index contributed by atoms with van der Waals surface area (Å²) in [6.07, 6.45) is 2.06. The standard InChI is InChI=1S/C22H30ClN5O2/c1-2-24-22(26-13-19(29)16-30-15-17-7-4-3-5-8-17)27-18-10-12-28(14-18)21-20(23)9-6-11-25-21/h3-9,11,18-19,29H,2,10,12-16H2,1H3,(H2,24,26,27). The Morgan fingerprint density at radius 1 is 1.33 bits per heavy atom. The average Bonchev–Trinajstić information content (AvgIpc) is 3.21. The van der Waals surface area contributed by atoms with Crippen LogP contribution in [0.2, 0.25) is 5.02 Å².